The van der Waals surface area contributed by atoms with Crippen LogP contribution in [0.1, 0.15) is 23.8 Å². The molecule has 27 heavy (non-hydrogen) atoms. The maximum atomic E-state index is 14.0. The van der Waals surface area contributed by atoms with Crippen molar-refractivity contribution >= 4 is 29.1 Å². The molecule has 0 saturated heterocycles. The van der Waals surface area contributed by atoms with Gasteiger partial charge in [0.1, 0.15) is 11.5 Å². The van der Waals surface area contributed by atoms with Crippen LogP contribution in [0.4, 0.5) is 13.2 Å². The van der Waals surface area contributed by atoms with Crippen molar-refractivity contribution in [3.63, 3.8) is 0 Å². The van der Waals surface area contributed by atoms with Crippen LogP contribution in [-0.4, -0.2) is 15.7 Å². The predicted octanol–water partition coefficient (Wildman–Crippen LogP) is 5.24. The molecule has 2 N–H and O–H groups in total. The van der Waals surface area contributed by atoms with Crippen molar-refractivity contribution in [2.24, 2.45) is 12.8 Å². The van der Waals surface area contributed by atoms with Gasteiger partial charge in [-0.2, -0.15) is 5.10 Å². The highest BCUT2D eigenvalue weighted by molar-refractivity contribution is 6.42. The Kier molecular flexibility index (Phi) is 4.80. The molecule has 0 fully saturated rings. The molecule has 140 valence electrons. The molecular formula is C18H12Cl2F3N3O. The maximum absolute atomic E-state index is 14.0. The Morgan fingerprint density at radius 3 is 2.52 bits per heavy atom. The predicted molar refractivity (Wildman–Crippen MR) is 97.5 cm³/mol. The van der Waals surface area contributed by atoms with Crippen LogP contribution in [0.5, 0.6) is 0 Å². The summed E-state index contributed by atoms with van der Waals surface area (Å²) >= 11 is 12.0. The van der Waals surface area contributed by atoms with Gasteiger partial charge in [0.05, 0.1) is 21.3 Å². The molecule has 2 aromatic carbocycles. The van der Waals surface area contributed by atoms with Gasteiger partial charge in [0.25, 0.3) is 12.3 Å². The molecule has 1 amide bonds. The van der Waals surface area contributed by atoms with Gasteiger partial charge in [-0.3, -0.25) is 9.48 Å². The van der Waals surface area contributed by atoms with Crippen LogP contribution in [0, 0.1) is 5.82 Å². The molecular weight excluding hydrogens is 402 g/mol. The number of carbonyl (C=O) groups is 1. The summed E-state index contributed by atoms with van der Waals surface area (Å²) in [5.41, 5.74) is 4.74. The average molecular weight is 415 g/mol. The molecule has 0 aliphatic carbocycles. The third-order valence-electron chi connectivity index (χ3n) is 3.90. The quantitative estimate of drug-likeness (QED) is 0.634. The zero-order valence-corrected chi connectivity index (χ0v) is 15.0. The van der Waals surface area contributed by atoms with E-state index in [1.165, 1.54) is 18.2 Å². The Morgan fingerprint density at radius 1 is 1.19 bits per heavy atom. The van der Waals surface area contributed by atoms with Crippen molar-refractivity contribution < 1.29 is 19.3 Å². The summed E-state index contributed by atoms with van der Waals surface area (Å²) in [4.78, 5) is 11.9. The van der Waals surface area contributed by atoms with E-state index in [-0.39, 0.29) is 26.9 Å². The summed E-state index contributed by atoms with van der Waals surface area (Å²) in [7, 11) is -0.555. The molecule has 0 unspecified atom stereocenters. The highest BCUT2D eigenvalue weighted by Crippen LogP contribution is 2.38. The molecule has 9 heteroatoms. The zero-order chi connectivity index (χ0) is 20.6. The lowest BCUT2D eigenvalue weighted by molar-refractivity contribution is 0.0985. The first-order valence-corrected chi connectivity index (χ1v) is 8.23. The standard InChI is InChI=1S/C18H12Cl2F3N3O/c1-26-16(14(18(24)27)15(25-26)17(22)23)10-4-3-9(21)7-11(10)8-2-5-12(19)13(20)6-8/h2-7,17H,1H3,(H2,24,27)/i1D. The van der Waals surface area contributed by atoms with E-state index in [2.05, 4.69) is 5.10 Å². The van der Waals surface area contributed by atoms with Gasteiger partial charge in [-0.25, -0.2) is 13.2 Å². The second-order valence-electron chi connectivity index (χ2n) is 5.59. The average Bonchev–Trinajstić information content (AvgIpc) is 3.04. The third kappa shape index (κ3) is 3.52. The van der Waals surface area contributed by atoms with Crippen molar-refractivity contribution in [3.05, 3.63) is 63.5 Å². The van der Waals surface area contributed by atoms with Crippen molar-refractivity contribution in [1.82, 2.24) is 9.78 Å². The minimum Gasteiger partial charge on any atom is -0.365 e. The molecule has 3 rings (SSSR count). The number of aryl methyl sites for hydroxylation is 1. The van der Waals surface area contributed by atoms with E-state index in [1.54, 1.807) is 6.07 Å². The summed E-state index contributed by atoms with van der Waals surface area (Å²) in [5.74, 6) is -1.73. The molecule has 0 spiro atoms. The van der Waals surface area contributed by atoms with Crippen molar-refractivity contribution in [2.75, 3.05) is 0 Å². The Balaban J connectivity index is 2.37. The van der Waals surface area contributed by atoms with E-state index in [9.17, 15) is 18.0 Å². The fourth-order valence-electron chi connectivity index (χ4n) is 2.78. The number of aromatic nitrogens is 2. The summed E-state index contributed by atoms with van der Waals surface area (Å²) in [6.45, 7) is 0. The number of hydrogen-bond acceptors (Lipinski definition) is 2. The minimum atomic E-state index is -3.08. The molecule has 0 aliphatic rings. The SMILES string of the molecule is [2H]Cn1nc(C(F)F)c(C(N)=O)c1-c1ccc(F)cc1-c1ccc(Cl)c(Cl)c1. The van der Waals surface area contributed by atoms with Crippen molar-refractivity contribution in [2.45, 2.75) is 6.43 Å². The number of amides is 1. The van der Waals surface area contributed by atoms with Gasteiger partial charge in [-0.05, 0) is 41.5 Å². The van der Waals surface area contributed by atoms with Crippen molar-refractivity contribution in [3.8, 4) is 22.4 Å². The number of rotatable bonds is 4. The number of primary amides is 1. The van der Waals surface area contributed by atoms with Gasteiger partial charge < -0.3 is 5.73 Å². The van der Waals surface area contributed by atoms with Gasteiger partial charge in [0.15, 0.2) is 0 Å². The van der Waals surface area contributed by atoms with Crippen LogP contribution in [0.2, 0.25) is 10.0 Å². The number of halogens is 5. The lowest BCUT2D eigenvalue weighted by Crippen LogP contribution is -2.14. The fraction of sp³-hybridized carbons (Fsp3) is 0.111. The molecule has 1 aromatic heterocycles. The van der Waals surface area contributed by atoms with Gasteiger partial charge in [0.2, 0.25) is 0 Å². The molecule has 4 nitrogen and oxygen atoms in total. The number of benzene rings is 2. The van der Waals surface area contributed by atoms with E-state index in [0.29, 0.717) is 5.56 Å². The normalized spacial score (nSPS) is 11.7. The molecule has 1 heterocycles. The first kappa shape index (κ1) is 17.9. The first-order valence-electron chi connectivity index (χ1n) is 8.18. The van der Waals surface area contributed by atoms with Crippen LogP contribution in [0.25, 0.3) is 22.4 Å². The van der Waals surface area contributed by atoms with Crippen LogP contribution in [-0.2, 0) is 7.02 Å². The van der Waals surface area contributed by atoms with Crippen LogP contribution in [0.3, 0.4) is 0 Å². The number of carbonyl (C=O) groups excluding carboxylic acids is 1. The zero-order valence-electron chi connectivity index (χ0n) is 14.5. The van der Waals surface area contributed by atoms with E-state index in [1.807, 2.05) is 0 Å². The van der Waals surface area contributed by atoms with E-state index in [4.69, 9.17) is 30.3 Å². The summed E-state index contributed by atoms with van der Waals surface area (Å²) in [6, 6.07) is 8.09. The lowest BCUT2D eigenvalue weighted by Gasteiger charge is -2.13. The van der Waals surface area contributed by atoms with E-state index >= 15 is 0 Å². The smallest absolute Gasteiger partial charge is 0.282 e. The second-order valence-corrected chi connectivity index (χ2v) is 6.41. The third-order valence-corrected chi connectivity index (χ3v) is 4.64. The maximum Gasteiger partial charge on any atom is 0.282 e. The summed E-state index contributed by atoms with van der Waals surface area (Å²) in [5, 5.41) is 4.13. The van der Waals surface area contributed by atoms with Crippen LogP contribution >= 0.6 is 23.2 Å². The molecule has 0 saturated carbocycles. The molecule has 0 radical (unpaired) electrons. The van der Waals surface area contributed by atoms with E-state index in [0.717, 1.165) is 16.8 Å². The van der Waals surface area contributed by atoms with Crippen molar-refractivity contribution in [1.29, 1.82) is 0 Å². The van der Waals surface area contributed by atoms with Crippen LogP contribution < -0.4 is 5.73 Å². The Bertz CT molecular complexity index is 1070. The Hall–Kier alpha value is -2.51. The second kappa shape index (κ2) is 7.25. The van der Waals surface area contributed by atoms with Gasteiger partial charge in [0, 0.05) is 14.0 Å². The summed E-state index contributed by atoms with van der Waals surface area (Å²) in [6.07, 6.45) is -3.08. The fourth-order valence-corrected chi connectivity index (χ4v) is 3.07. The van der Waals surface area contributed by atoms with Gasteiger partial charge in [-0.1, -0.05) is 29.3 Å². The molecule has 3 aromatic rings. The van der Waals surface area contributed by atoms with Gasteiger partial charge in [-0.15, -0.1) is 0 Å². The highest BCUT2D eigenvalue weighted by atomic mass is 35.5. The topological polar surface area (TPSA) is 60.9 Å². The Morgan fingerprint density at radius 2 is 1.93 bits per heavy atom. The molecule has 0 bridgehead atoms. The minimum absolute atomic E-state index is 0.0983. The monoisotopic (exact) mass is 414 g/mol. The molecule has 0 atom stereocenters. The number of hydrogen-bond donors (Lipinski definition) is 1. The van der Waals surface area contributed by atoms with Crippen LogP contribution in [0.15, 0.2) is 36.4 Å². The number of alkyl halides is 2. The lowest BCUT2D eigenvalue weighted by atomic mass is 9.94. The highest BCUT2D eigenvalue weighted by Gasteiger charge is 2.28. The van der Waals surface area contributed by atoms with E-state index < -0.39 is 36.4 Å². The number of nitrogens with two attached hydrogens (primary N) is 1. The molecule has 0 aliphatic heterocycles. The number of nitrogens with zero attached hydrogens (tertiary/aromatic N) is 2. The Labute approximate surface area is 163 Å². The van der Waals surface area contributed by atoms with Gasteiger partial charge >= 0.3 is 0 Å². The first-order chi connectivity index (χ1) is 13.2. The summed E-state index contributed by atoms with van der Waals surface area (Å²) < 4.78 is 49.2. The largest absolute Gasteiger partial charge is 0.365 e.